The molecule has 0 bridgehead atoms. The van der Waals surface area contributed by atoms with Crippen LogP contribution in [0, 0.1) is 10.1 Å². The molecule has 22 heavy (non-hydrogen) atoms. The van der Waals surface area contributed by atoms with Crippen molar-refractivity contribution in [1.29, 1.82) is 0 Å². The van der Waals surface area contributed by atoms with Crippen molar-refractivity contribution in [2.24, 2.45) is 0 Å². The second-order valence-corrected chi connectivity index (χ2v) is 4.74. The van der Waals surface area contributed by atoms with Crippen LogP contribution in [0.2, 0.25) is 0 Å². The van der Waals surface area contributed by atoms with E-state index in [1.807, 2.05) is 24.3 Å². The van der Waals surface area contributed by atoms with Gasteiger partial charge in [-0.1, -0.05) is 24.3 Å². The summed E-state index contributed by atoms with van der Waals surface area (Å²) in [5, 5.41) is 16.3. The van der Waals surface area contributed by atoms with Gasteiger partial charge in [-0.05, 0) is 18.2 Å². The van der Waals surface area contributed by atoms with E-state index in [2.05, 4.69) is 15.1 Å². The number of nitrogens with zero attached hydrogens (tertiary/aromatic N) is 5. The average Bonchev–Trinajstić information content (AvgIpc) is 2.99. The first-order chi connectivity index (χ1) is 10.7. The molecule has 7 heteroatoms. The molecule has 0 saturated heterocycles. The molecule has 0 saturated carbocycles. The number of hydrogen-bond acceptors (Lipinski definition) is 5. The topological polar surface area (TPSA) is 86.2 Å². The fraction of sp³-hybridized carbons (Fsp3) is 0. The first-order valence-corrected chi connectivity index (χ1v) is 6.58. The van der Waals surface area contributed by atoms with E-state index in [0.717, 1.165) is 10.9 Å². The molecule has 0 radical (unpaired) electrons. The Hall–Kier alpha value is -3.35. The summed E-state index contributed by atoms with van der Waals surface area (Å²) in [4.78, 5) is 19.5. The molecule has 0 aliphatic carbocycles. The van der Waals surface area contributed by atoms with Gasteiger partial charge in [0, 0.05) is 11.5 Å². The maximum absolute atomic E-state index is 11.2. The zero-order valence-electron chi connectivity index (χ0n) is 11.2. The van der Waals surface area contributed by atoms with Crippen molar-refractivity contribution >= 4 is 22.2 Å². The van der Waals surface area contributed by atoms with E-state index in [9.17, 15) is 10.1 Å². The van der Waals surface area contributed by atoms with Gasteiger partial charge in [-0.15, -0.1) is 5.10 Å². The predicted molar refractivity (Wildman–Crippen MR) is 80.4 cm³/mol. The Morgan fingerprint density at radius 1 is 1.05 bits per heavy atom. The smallest absolute Gasteiger partial charge is 0.258 e. The zero-order chi connectivity index (χ0) is 15.1. The van der Waals surface area contributed by atoms with E-state index in [0.29, 0.717) is 17.0 Å². The van der Waals surface area contributed by atoms with E-state index in [1.165, 1.54) is 10.6 Å². The average molecular weight is 291 g/mol. The Balaban J connectivity index is 2.01. The molecule has 2 heterocycles. The van der Waals surface area contributed by atoms with Gasteiger partial charge in [0.05, 0.1) is 16.0 Å². The van der Waals surface area contributed by atoms with Gasteiger partial charge in [-0.2, -0.15) is 0 Å². The molecule has 0 aliphatic rings. The van der Waals surface area contributed by atoms with Crippen molar-refractivity contribution in [2.45, 2.75) is 0 Å². The molecule has 4 aromatic rings. The molecule has 2 aromatic heterocycles. The first kappa shape index (κ1) is 12.4. The molecule has 106 valence electrons. The molecule has 0 spiro atoms. The van der Waals surface area contributed by atoms with Gasteiger partial charge >= 0.3 is 0 Å². The van der Waals surface area contributed by atoms with Gasteiger partial charge < -0.3 is 0 Å². The minimum Gasteiger partial charge on any atom is -0.258 e. The van der Waals surface area contributed by atoms with Crippen LogP contribution in [0.5, 0.6) is 0 Å². The van der Waals surface area contributed by atoms with Crippen LogP contribution < -0.4 is 0 Å². The first-order valence-electron chi connectivity index (χ1n) is 6.58. The summed E-state index contributed by atoms with van der Waals surface area (Å²) < 4.78 is 1.54. The molecule has 4 rings (SSSR count). The van der Waals surface area contributed by atoms with Gasteiger partial charge in [0.2, 0.25) is 0 Å². The fourth-order valence-electron chi connectivity index (χ4n) is 2.42. The Kier molecular flexibility index (Phi) is 2.59. The van der Waals surface area contributed by atoms with Crippen LogP contribution in [0.4, 0.5) is 5.69 Å². The van der Waals surface area contributed by atoms with E-state index in [4.69, 9.17) is 0 Å². The summed E-state index contributed by atoms with van der Waals surface area (Å²) in [5.41, 5.74) is 1.80. The number of fused-ring (bicyclic) bond motifs is 3. The van der Waals surface area contributed by atoms with Gasteiger partial charge in [-0.25, -0.2) is 14.5 Å². The number of nitro benzene ring substituents is 1. The number of rotatable bonds is 2. The molecule has 2 aromatic carbocycles. The van der Waals surface area contributed by atoms with Crippen LogP contribution in [-0.4, -0.2) is 24.5 Å². The molecular formula is C15H9N5O2. The Morgan fingerprint density at radius 3 is 2.68 bits per heavy atom. The van der Waals surface area contributed by atoms with Crippen LogP contribution in [0.15, 0.2) is 54.9 Å². The van der Waals surface area contributed by atoms with Gasteiger partial charge in [0.1, 0.15) is 6.33 Å². The predicted octanol–water partition coefficient (Wildman–Crippen LogP) is 2.85. The molecule has 0 N–H and O–H groups in total. The lowest BCUT2D eigenvalue weighted by molar-refractivity contribution is -0.384. The van der Waals surface area contributed by atoms with Crippen LogP contribution in [0.25, 0.3) is 27.9 Å². The quantitative estimate of drug-likeness (QED) is 0.418. The standard InChI is InChI=1S/C15H9N5O2/c21-20(22)13-8-4-2-6-11(13)14-17-15-10-5-1-3-7-12(10)16-9-19(15)18-14/h1-9H. The minimum absolute atomic E-state index is 0.0179. The summed E-state index contributed by atoms with van der Waals surface area (Å²) in [5.74, 6) is 0.311. The molecule has 0 unspecified atom stereocenters. The van der Waals surface area contributed by atoms with E-state index < -0.39 is 4.92 Å². The number of hydrogen-bond donors (Lipinski definition) is 0. The van der Waals surface area contributed by atoms with Crippen LogP contribution in [0.3, 0.4) is 0 Å². The molecular weight excluding hydrogens is 282 g/mol. The van der Waals surface area contributed by atoms with Gasteiger partial charge in [0.25, 0.3) is 5.69 Å². The third kappa shape index (κ3) is 1.80. The van der Waals surface area contributed by atoms with Crippen molar-refractivity contribution in [3.63, 3.8) is 0 Å². The van der Waals surface area contributed by atoms with Gasteiger partial charge in [-0.3, -0.25) is 10.1 Å². The zero-order valence-corrected chi connectivity index (χ0v) is 11.2. The summed E-state index contributed by atoms with van der Waals surface area (Å²) >= 11 is 0. The number of benzene rings is 2. The van der Waals surface area contributed by atoms with Crippen molar-refractivity contribution < 1.29 is 4.92 Å². The third-order valence-electron chi connectivity index (χ3n) is 3.42. The minimum atomic E-state index is -0.433. The Bertz CT molecular complexity index is 1020. The van der Waals surface area contributed by atoms with Crippen molar-refractivity contribution in [2.75, 3.05) is 0 Å². The second kappa shape index (κ2) is 4.59. The monoisotopic (exact) mass is 291 g/mol. The fourth-order valence-corrected chi connectivity index (χ4v) is 2.42. The summed E-state index contributed by atoms with van der Waals surface area (Å²) in [6.45, 7) is 0. The SMILES string of the molecule is O=[N+]([O-])c1ccccc1-c1nc2c3ccccc3ncn2n1. The van der Waals surface area contributed by atoms with Gasteiger partial charge in [0.15, 0.2) is 11.5 Å². The van der Waals surface area contributed by atoms with E-state index >= 15 is 0 Å². The molecule has 0 amide bonds. The summed E-state index contributed by atoms with van der Waals surface area (Å²) in [7, 11) is 0. The molecule has 0 fully saturated rings. The van der Waals surface area contributed by atoms with Crippen LogP contribution in [-0.2, 0) is 0 Å². The van der Waals surface area contributed by atoms with Crippen molar-refractivity contribution in [3.05, 3.63) is 65.0 Å². The molecule has 0 aliphatic heterocycles. The normalized spacial score (nSPS) is 11.1. The highest BCUT2D eigenvalue weighted by Gasteiger charge is 2.18. The van der Waals surface area contributed by atoms with Crippen molar-refractivity contribution in [1.82, 2.24) is 19.6 Å². The maximum Gasteiger partial charge on any atom is 0.280 e. The molecule has 0 atom stereocenters. The van der Waals surface area contributed by atoms with Crippen LogP contribution >= 0.6 is 0 Å². The Labute approximate surface area is 124 Å². The summed E-state index contributed by atoms with van der Waals surface area (Å²) in [6.07, 6.45) is 1.56. The largest absolute Gasteiger partial charge is 0.280 e. The van der Waals surface area contributed by atoms with E-state index in [1.54, 1.807) is 24.5 Å². The molecule has 7 nitrogen and oxygen atoms in total. The third-order valence-corrected chi connectivity index (χ3v) is 3.42. The number of nitro groups is 1. The van der Waals surface area contributed by atoms with Crippen molar-refractivity contribution in [3.8, 4) is 11.4 Å². The lowest BCUT2D eigenvalue weighted by Crippen LogP contribution is -1.93. The summed E-state index contributed by atoms with van der Waals surface area (Å²) in [6, 6.07) is 14.0. The van der Waals surface area contributed by atoms with E-state index in [-0.39, 0.29) is 5.69 Å². The highest BCUT2D eigenvalue weighted by Crippen LogP contribution is 2.28. The highest BCUT2D eigenvalue weighted by molar-refractivity contribution is 5.91. The second-order valence-electron chi connectivity index (χ2n) is 4.74. The lowest BCUT2D eigenvalue weighted by atomic mass is 10.2. The lowest BCUT2D eigenvalue weighted by Gasteiger charge is -1.96. The highest BCUT2D eigenvalue weighted by atomic mass is 16.6. The maximum atomic E-state index is 11.2. The number of aromatic nitrogens is 4. The van der Waals surface area contributed by atoms with Crippen LogP contribution in [0.1, 0.15) is 0 Å². The number of para-hydroxylation sites is 2. The Morgan fingerprint density at radius 2 is 1.82 bits per heavy atom.